The van der Waals surface area contributed by atoms with Gasteiger partial charge in [0.1, 0.15) is 0 Å². The third-order valence-corrected chi connectivity index (χ3v) is 4.07. The lowest BCUT2D eigenvalue weighted by Crippen LogP contribution is -2.55. The quantitative estimate of drug-likeness (QED) is 0.432. The molecule has 2 rings (SSSR count). The van der Waals surface area contributed by atoms with Gasteiger partial charge in [0, 0.05) is 26.2 Å². The highest BCUT2D eigenvalue weighted by Gasteiger charge is 2.28. The van der Waals surface area contributed by atoms with E-state index in [1.165, 1.54) is 21.3 Å². The summed E-state index contributed by atoms with van der Waals surface area (Å²) in [5.74, 6) is 0.747. The van der Waals surface area contributed by atoms with Crippen LogP contribution >= 0.6 is 0 Å². The number of hydrogen-bond acceptors (Lipinski definition) is 6. The SMILES string of the molecule is COc1ccc(C(=O)N2CCN(C(=N)NC(=N)N)CC2)c(OC)c1OC. The molecule has 1 saturated heterocycles. The summed E-state index contributed by atoms with van der Waals surface area (Å²) < 4.78 is 15.9. The molecular formula is C16H24N6O4. The highest BCUT2D eigenvalue weighted by molar-refractivity contribution is 5.99. The number of methoxy groups -OCH3 is 3. The van der Waals surface area contributed by atoms with Crippen LogP contribution in [0.2, 0.25) is 0 Å². The summed E-state index contributed by atoms with van der Waals surface area (Å²) >= 11 is 0. The van der Waals surface area contributed by atoms with E-state index in [-0.39, 0.29) is 17.8 Å². The molecule has 0 unspecified atom stereocenters. The number of guanidine groups is 2. The Kier molecular flexibility index (Phi) is 6.10. The van der Waals surface area contributed by atoms with E-state index < -0.39 is 0 Å². The zero-order valence-electron chi connectivity index (χ0n) is 15.1. The van der Waals surface area contributed by atoms with E-state index in [1.807, 2.05) is 0 Å². The number of nitrogens with two attached hydrogens (primary N) is 1. The summed E-state index contributed by atoms with van der Waals surface area (Å²) in [7, 11) is 4.48. The third kappa shape index (κ3) is 3.90. The third-order valence-electron chi connectivity index (χ3n) is 4.07. The van der Waals surface area contributed by atoms with Crippen molar-refractivity contribution < 1.29 is 19.0 Å². The van der Waals surface area contributed by atoms with Crippen LogP contribution in [0.5, 0.6) is 17.2 Å². The van der Waals surface area contributed by atoms with Crippen molar-refractivity contribution in [3.63, 3.8) is 0 Å². The standard InChI is InChI=1S/C16H24N6O4/c1-24-11-5-4-10(12(25-2)13(11)26-3)14(23)21-6-8-22(9-7-21)16(19)20-15(17)18/h4-5H,6-9H2,1-3H3,(H5,17,18,19,20). The Morgan fingerprint density at radius 3 is 2.08 bits per heavy atom. The fraction of sp³-hybridized carbons (Fsp3) is 0.438. The van der Waals surface area contributed by atoms with Crippen LogP contribution in [0.25, 0.3) is 0 Å². The summed E-state index contributed by atoms with van der Waals surface area (Å²) in [4.78, 5) is 16.3. The van der Waals surface area contributed by atoms with E-state index in [1.54, 1.807) is 21.9 Å². The molecule has 0 aromatic heterocycles. The number of nitrogens with one attached hydrogen (secondary N) is 3. The summed E-state index contributed by atoms with van der Waals surface area (Å²) in [5, 5.41) is 17.5. The molecule has 1 fully saturated rings. The molecule has 0 aliphatic carbocycles. The van der Waals surface area contributed by atoms with Crippen molar-refractivity contribution in [3.8, 4) is 17.2 Å². The van der Waals surface area contributed by atoms with Gasteiger partial charge < -0.3 is 29.7 Å². The maximum atomic E-state index is 12.9. The summed E-state index contributed by atoms with van der Waals surface area (Å²) in [5.41, 5.74) is 5.62. The summed E-state index contributed by atoms with van der Waals surface area (Å²) in [6.45, 7) is 1.78. The minimum absolute atomic E-state index is 0.0493. The first-order valence-corrected chi connectivity index (χ1v) is 7.95. The van der Waals surface area contributed by atoms with Crippen LogP contribution in [0.1, 0.15) is 10.4 Å². The Balaban J connectivity index is 2.13. The zero-order valence-corrected chi connectivity index (χ0v) is 15.1. The summed E-state index contributed by atoms with van der Waals surface area (Å²) in [6, 6.07) is 3.31. The van der Waals surface area contributed by atoms with Crippen molar-refractivity contribution in [2.24, 2.45) is 5.73 Å². The van der Waals surface area contributed by atoms with E-state index in [0.717, 1.165) is 0 Å². The monoisotopic (exact) mass is 364 g/mol. The van der Waals surface area contributed by atoms with Crippen LogP contribution in [0.3, 0.4) is 0 Å². The molecule has 142 valence electrons. The van der Waals surface area contributed by atoms with Crippen molar-refractivity contribution in [3.05, 3.63) is 17.7 Å². The van der Waals surface area contributed by atoms with Crippen molar-refractivity contribution in [2.45, 2.75) is 0 Å². The number of benzene rings is 1. The van der Waals surface area contributed by atoms with Gasteiger partial charge in [0.15, 0.2) is 23.4 Å². The zero-order chi connectivity index (χ0) is 19.3. The number of carbonyl (C=O) groups is 1. The van der Waals surface area contributed by atoms with E-state index in [2.05, 4.69) is 5.32 Å². The lowest BCUT2D eigenvalue weighted by molar-refractivity contribution is 0.0685. The first-order chi connectivity index (χ1) is 12.4. The maximum Gasteiger partial charge on any atom is 0.257 e. The number of piperazine rings is 1. The number of carbonyl (C=O) groups excluding carboxylic acids is 1. The minimum Gasteiger partial charge on any atom is -0.493 e. The largest absolute Gasteiger partial charge is 0.493 e. The van der Waals surface area contributed by atoms with Gasteiger partial charge in [-0.3, -0.25) is 20.9 Å². The molecule has 0 spiro atoms. The van der Waals surface area contributed by atoms with E-state index in [0.29, 0.717) is 49.0 Å². The highest BCUT2D eigenvalue weighted by atomic mass is 16.5. The smallest absolute Gasteiger partial charge is 0.257 e. The molecule has 5 N–H and O–H groups in total. The molecule has 1 aliphatic rings. The molecule has 1 heterocycles. The van der Waals surface area contributed by atoms with Gasteiger partial charge in [-0.25, -0.2) is 0 Å². The fourth-order valence-electron chi connectivity index (χ4n) is 2.78. The van der Waals surface area contributed by atoms with Crippen molar-refractivity contribution >= 4 is 17.8 Å². The molecule has 0 radical (unpaired) electrons. The first kappa shape index (κ1) is 19.2. The lowest BCUT2D eigenvalue weighted by atomic mass is 10.1. The van der Waals surface area contributed by atoms with Gasteiger partial charge in [-0.15, -0.1) is 0 Å². The van der Waals surface area contributed by atoms with Crippen molar-refractivity contribution in [1.82, 2.24) is 15.1 Å². The van der Waals surface area contributed by atoms with Crippen LogP contribution in [0.15, 0.2) is 12.1 Å². The van der Waals surface area contributed by atoms with Gasteiger partial charge in [-0.2, -0.15) is 0 Å². The maximum absolute atomic E-state index is 12.9. The predicted molar refractivity (Wildman–Crippen MR) is 96.4 cm³/mol. The molecule has 0 bridgehead atoms. The van der Waals surface area contributed by atoms with E-state index in [4.69, 9.17) is 30.8 Å². The Bertz CT molecular complexity index is 700. The minimum atomic E-state index is -0.288. The topological polar surface area (TPSA) is 137 Å². The van der Waals surface area contributed by atoms with Crippen LogP contribution in [0.4, 0.5) is 0 Å². The van der Waals surface area contributed by atoms with E-state index in [9.17, 15) is 4.79 Å². The van der Waals surface area contributed by atoms with Gasteiger partial charge in [-0.1, -0.05) is 0 Å². The molecule has 1 aromatic rings. The lowest BCUT2D eigenvalue weighted by Gasteiger charge is -2.36. The molecule has 26 heavy (non-hydrogen) atoms. The second-order valence-electron chi connectivity index (χ2n) is 5.55. The van der Waals surface area contributed by atoms with Crippen LogP contribution in [-0.2, 0) is 0 Å². The Hall–Kier alpha value is -3.17. The average molecular weight is 364 g/mol. The molecule has 0 atom stereocenters. The number of nitrogens with zero attached hydrogens (tertiary/aromatic N) is 2. The molecule has 1 aliphatic heterocycles. The summed E-state index contributed by atoms with van der Waals surface area (Å²) in [6.07, 6.45) is 0. The van der Waals surface area contributed by atoms with Gasteiger partial charge in [-0.05, 0) is 12.1 Å². The Labute approximate surface area is 151 Å². The number of amides is 1. The molecular weight excluding hydrogens is 340 g/mol. The fourth-order valence-corrected chi connectivity index (χ4v) is 2.78. The normalized spacial score (nSPS) is 13.8. The number of hydrogen-bond donors (Lipinski definition) is 4. The highest BCUT2D eigenvalue weighted by Crippen LogP contribution is 2.40. The van der Waals surface area contributed by atoms with Gasteiger partial charge in [0.25, 0.3) is 5.91 Å². The molecule has 0 saturated carbocycles. The molecule has 1 amide bonds. The van der Waals surface area contributed by atoms with Crippen LogP contribution in [0, 0.1) is 10.8 Å². The second-order valence-corrected chi connectivity index (χ2v) is 5.55. The van der Waals surface area contributed by atoms with Crippen molar-refractivity contribution in [1.29, 1.82) is 10.8 Å². The Morgan fingerprint density at radius 1 is 1.00 bits per heavy atom. The molecule has 1 aromatic carbocycles. The van der Waals surface area contributed by atoms with E-state index >= 15 is 0 Å². The molecule has 10 nitrogen and oxygen atoms in total. The second kappa shape index (κ2) is 8.28. The van der Waals surface area contributed by atoms with Gasteiger partial charge in [0.05, 0.1) is 26.9 Å². The van der Waals surface area contributed by atoms with Crippen molar-refractivity contribution in [2.75, 3.05) is 47.5 Å². The number of rotatable bonds is 4. The van der Waals surface area contributed by atoms with Gasteiger partial charge >= 0.3 is 0 Å². The first-order valence-electron chi connectivity index (χ1n) is 7.95. The molecule has 10 heteroatoms. The predicted octanol–water partition coefficient (Wildman–Crippen LogP) is -0.112. The van der Waals surface area contributed by atoms with Gasteiger partial charge in [0.2, 0.25) is 5.75 Å². The average Bonchev–Trinajstić information content (AvgIpc) is 2.65. The van der Waals surface area contributed by atoms with Crippen LogP contribution < -0.4 is 25.3 Å². The Morgan fingerprint density at radius 2 is 1.58 bits per heavy atom. The number of ether oxygens (including phenoxy) is 3. The van der Waals surface area contributed by atoms with Crippen LogP contribution in [-0.4, -0.2) is 75.1 Å².